The first-order valence-electron chi connectivity index (χ1n) is 7.33. The molecule has 3 heterocycles. The van der Waals surface area contributed by atoms with E-state index in [1.54, 1.807) is 24.5 Å². The molecule has 0 unspecified atom stereocenters. The first kappa shape index (κ1) is 16.4. The summed E-state index contributed by atoms with van der Waals surface area (Å²) in [6.07, 6.45) is 5.23. The molecule has 0 amide bonds. The molecular weight excluding hydrogens is 332 g/mol. The summed E-state index contributed by atoms with van der Waals surface area (Å²) in [6, 6.07) is 7.28. The smallest absolute Gasteiger partial charge is 0.287 e. The first-order valence-corrected chi connectivity index (χ1v) is 8.21. The van der Waals surface area contributed by atoms with Crippen molar-refractivity contribution in [3.05, 3.63) is 70.2 Å². The van der Waals surface area contributed by atoms with Gasteiger partial charge in [0.2, 0.25) is 0 Å². The molecule has 0 atom stereocenters. The molecule has 0 saturated heterocycles. The van der Waals surface area contributed by atoms with Crippen LogP contribution in [0.1, 0.15) is 33.7 Å². The molecule has 0 bridgehead atoms. The molecule has 7 heteroatoms. The summed E-state index contributed by atoms with van der Waals surface area (Å²) < 4.78 is 28.3. The molecule has 4 nitrogen and oxygen atoms in total. The third-order valence-corrected chi connectivity index (χ3v) is 4.38. The van der Waals surface area contributed by atoms with Crippen LogP contribution in [0.15, 0.2) is 48.2 Å². The minimum Gasteiger partial charge on any atom is -0.341 e. The van der Waals surface area contributed by atoms with Crippen molar-refractivity contribution >= 4 is 17.1 Å². The molecule has 3 aromatic rings. The summed E-state index contributed by atoms with van der Waals surface area (Å²) >= 11 is 1.08. The first-order chi connectivity index (χ1) is 11.4. The van der Waals surface area contributed by atoms with Gasteiger partial charge in [-0.15, -0.1) is 11.3 Å². The SMILES string of the molecule is CC(F)(F)c1csc(CC(=O)c2cccn2Cc2ccncc2)n1. The average Bonchev–Trinajstić information content (AvgIpc) is 3.17. The van der Waals surface area contributed by atoms with Gasteiger partial charge in [0.25, 0.3) is 5.92 Å². The number of hydrogen-bond acceptors (Lipinski definition) is 4. The molecule has 0 N–H and O–H groups in total. The van der Waals surface area contributed by atoms with Crippen LogP contribution in [0.3, 0.4) is 0 Å². The van der Waals surface area contributed by atoms with Crippen molar-refractivity contribution in [3.8, 4) is 0 Å². The number of ketones is 1. The Labute approximate surface area is 141 Å². The molecule has 0 aromatic carbocycles. The number of nitrogens with zero attached hydrogens (tertiary/aromatic N) is 3. The highest BCUT2D eigenvalue weighted by Crippen LogP contribution is 2.28. The van der Waals surface area contributed by atoms with Crippen molar-refractivity contribution in [1.29, 1.82) is 0 Å². The molecule has 0 aliphatic heterocycles. The topological polar surface area (TPSA) is 47.8 Å². The molecule has 0 spiro atoms. The Morgan fingerprint density at radius 3 is 2.71 bits per heavy atom. The third kappa shape index (κ3) is 3.73. The van der Waals surface area contributed by atoms with Crippen molar-refractivity contribution in [1.82, 2.24) is 14.5 Å². The molecule has 0 aliphatic carbocycles. The number of carbonyl (C=O) groups excluding carboxylic acids is 1. The zero-order valence-corrected chi connectivity index (χ0v) is 13.8. The summed E-state index contributed by atoms with van der Waals surface area (Å²) in [5, 5.41) is 1.70. The average molecular weight is 347 g/mol. The monoisotopic (exact) mass is 347 g/mol. The summed E-state index contributed by atoms with van der Waals surface area (Å²) in [6.45, 7) is 1.35. The lowest BCUT2D eigenvalue weighted by molar-refractivity contribution is 0.0132. The summed E-state index contributed by atoms with van der Waals surface area (Å²) in [5.74, 6) is -3.13. The van der Waals surface area contributed by atoms with Gasteiger partial charge >= 0.3 is 0 Å². The largest absolute Gasteiger partial charge is 0.341 e. The summed E-state index contributed by atoms with van der Waals surface area (Å²) in [7, 11) is 0. The fourth-order valence-electron chi connectivity index (χ4n) is 2.31. The van der Waals surface area contributed by atoms with Gasteiger partial charge in [0.05, 0.1) is 12.1 Å². The van der Waals surface area contributed by atoms with Gasteiger partial charge < -0.3 is 4.57 Å². The Kier molecular flexibility index (Phi) is 4.53. The molecule has 0 radical (unpaired) electrons. The Morgan fingerprint density at radius 2 is 2.04 bits per heavy atom. The molecule has 124 valence electrons. The maximum atomic E-state index is 13.2. The highest BCUT2D eigenvalue weighted by molar-refractivity contribution is 7.09. The van der Waals surface area contributed by atoms with E-state index in [0.717, 1.165) is 23.8 Å². The number of carbonyl (C=O) groups is 1. The quantitative estimate of drug-likeness (QED) is 0.635. The van der Waals surface area contributed by atoms with Gasteiger partial charge in [0.15, 0.2) is 5.78 Å². The molecule has 0 fully saturated rings. The van der Waals surface area contributed by atoms with Crippen LogP contribution in [0.2, 0.25) is 0 Å². The number of halogens is 2. The zero-order chi connectivity index (χ0) is 17.2. The number of alkyl halides is 2. The Balaban J connectivity index is 1.74. The number of hydrogen-bond donors (Lipinski definition) is 0. The van der Waals surface area contributed by atoms with E-state index in [-0.39, 0.29) is 17.9 Å². The highest BCUT2D eigenvalue weighted by Gasteiger charge is 2.28. The van der Waals surface area contributed by atoms with E-state index < -0.39 is 5.92 Å². The minimum absolute atomic E-state index is 0.0150. The van der Waals surface area contributed by atoms with E-state index in [9.17, 15) is 13.6 Å². The van der Waals surface area contributed by atoms with E-state index >= 15 is 0 Å². The minimum atomic E-state index is -2.99. The van der Waals surface area contributed by atoms with E-state index in [1.165, 1.54) is 5.38 Å². The lowest BCUT2D eigenvalue weighted by Crippen LogP contribution is -2.12. The molecule has 24 heavy (non-hydrogen) atoms. The lowest BCUT2D eigenvalue weighted by atomic mass is 10.2. The van der Waals surface area contributed by atoms with Gasteiger partial charge in [-0.3, -0.25) is 9.78 Å². The Hall–Kier alpha value is -2.41. The molecule has 0 aliphatic rings. The molecule has 3 rings (SSSR count). The van der Waals surface area contributed by atoms with Gasteiger partial charge in [0, 0.05) is 37.4 Å². The predicted octanol–water partition coefficient (Wildman–Crippen LogP) is 3.93. The van der Waals surface area contributed by atoms with Crippen LogP contribution in [0.5, 0.6) is 0 Å². The second kappa shape index (κ2) is 6.60. The van der Waals surface area contributed by atoms with Gasteiger partial charge in [-0.05, 0) is 29.8 Å². The third-order valence-electron chi connectivity index (χ3n) is 3.53. The number of rotatable bonds is 6. The number of pyridine rings is 1. The van der Waals surface area contributed by atoms with Crippen LogP contribution in [0.25, 0.3) is 0 Å². The summed E-state index contributed by atoms with van der Waals surface area (Å²) in [4.78, 5) is 20.3. The van der Waals surface area contributed by atoms with Crippen molar-refractivity contribution in [2.45, 2.75) is 25.8 Å². The van der Waals surface area contributed by atoms with E-state index in [0.29, 0.717) is 17.2 Å². The van der Waals surface area contributed by atoms with Crippen LogP contribution < -0.4 is 0 Å². The fourth-order valence-corrected chi connectivity index (χ4v) is 3.18. The van der Waals surface area contributed by atoms with Crippen LogP contribution in [-0.4, -0.2) is 20.3 Å². The second-order valence-electron chi connectivity index (χ2n) is 5.49. The van der Waals surface area contributed by atoms with E-state index in [2.05, 4.69) is 9.97 Å². The van der Waals surface area contributed by atoms with Crippen LogP contribution in [-0.2, 0) is 18.9 Å². The van der Waals surface area contributed by atoms with Gasteiger partial charge in [-0.2, -0.15) is 8.78 Å². The van der Waals surface area contributed by atoms with E-state index in [1.807, 2.05) is 22.9 Å². The maximum absolute atomic E-state index is 13.2. The fraction of sp³-hybridized carbons (Fsp3) is 0.235. The maximum Gasteiger partial charge on any atom is 0.287 e. The van der Waals surface area contributed by atoms with Crippen molar-refractivity contribution in [2.24, 2.45) is 0 Å². The standard InChI is InChI=1S/C17H15F2N3OS/c1-17(18,19)15-11-24-16(21-15)9-14(23)13-3-2-8-22(13)10-12-4-6-20-7-5-12/h2-8,11H,9-10H2,1H3. The van der Waals surface area contributed by atoms with Gasteiger partial charge in [0.1, 0.15) is 10.7 Å². The zero-order valence-electron chi connectivity index (χ0n) is 12.9. The normalized spacial score (nSPS) is 11.6. The Morgan fingerprint density at radius 1 is 1.29 bits per heavy atom. The second-order valence-corrected chi connectivity index (χ2v) is 6.43. The lowest BCUT2D eigenvalue weighted by Gasteiger charge is -2.08. The van der Waals surface area contributed by atoms with Gasteiger partial charge in [-0.25, -0.2) is 4.98 Å². The molecule has 3 aromatic heterocycles. The van der Waals surface area contributed by atoms with Crippen LogP contribution >= 0.6 is 11.3 Å². The summed E-state index contributed by atoms with van der Waals surface area (Å²) in [5.41, 5.74) is 1.27. The Bertz CT molecular complexity index is 837. The predicted molar refractivity (Wildman–Crippen MR) is 87.5 cm³/mol. The van der Waals surface area contributed by atoms with Crippen molar-refractivity contribution in [3.63, 3.8) is 0 Å². The van der Waals surface area contributed by atoms with Crippen molar-refractivity contribution < 1.29 is 13.6 Å². The number of Topliss-reactive ketones (excluding diaryl/α,β-unsaturated/α-hetero) is 1. The van der Waals surface area contributed by atoms with Crippen LogP contribution in [0, 0.1) is 0 Å². The number of thiazole rings is 1. The molecule has 0 saturated carbocycles. The van der Waals surface area contributed by atoms with Gasteiger partial charge in [-0.1, -0.05) is 0 Å². The van der Waals surface area contributed by atoms with Crippen LogP contribution in [0.4, 0.5) is 8.78 Å². The van der Waals surface area contributed by atoms with E-state index in [4.69, 9.17) is 0 Å². The van der Waals surface area contributed by atoms with Crippen molar-refractivity contribution in [2.75, 3.05) is 0 Å². The molecular formula is C17H15F2N3OS. The highest BCUT2D eigenvalue weighted by atomic mass is 32.1. The number of aromatic nitrogens is 3.